The van der Waals surface area contributed by atoms with Crippen LogP contribution in [0, 0.1) is 28.8 Å². The van der Waals surface area contributed by atoms with E-state index < -0.39 is 17.5 Å². The fourth-order valence-corrected chi connectivity index (χ4v) is 1.72. The minimum atomic E-state index is -1.51. The Balaban J connectivity index is 2.07. The highest BCUT2D eigenvalue weighted by Gasteiger charge is 2.12. The first-order chi connectivity index (χ1) is 10.1. The monoisotopic (exact) mass is 292 g/mol. The lowest BCUT2D eigenvalue weighted by Crippen LogP contribution is -2.04. The molecule has 0 atom stereocenters. The Bertz CT molecular complexity index is 683. The molecule has 0 unspecified atom stereocenters. The zero-order valence-electron chi connectivity index (χ0n) is 10.9. The summed E-state index contributed by atoms with van der Waals surface area (Å²) in [6.45, 7) is 0.125. The molecule has 2 aromatic carbocycles. The molecule has 0 aliphatic carbocycles. The van der Waals surface area contributed by atoms with Gasteiger partial charge < -0.3 is 10.1 Å². The van der Waals surface area contributed by atoms with E-state index in [1.54, 1.807) is 24.3 Å². The maximum absolute atomic E-state index is 13.5. The van der Waals surface area contributed by atoms with Crippen LogP contribution in [-0.2, 0) is 6.54 Å². The van der Waals surface area contributed by atoms with Gasteiger partial charge in [0, 0.05) is 6.54 Å². The predicted molar refractivity (Wildman–Crippen MR) is 71.2 cm³/mol. The molecule has 3 nitrogen and oxygen atoms in total. The molecule has 0 saturated carbocycles. The van der Waals surface area contributed by atoms with Crippen molar-refractivity contribution in [2.24, 2.45) is 0 Å². The van der Waals surface area contributed by atoms with E-state index in [0.717, 1.165) is 17.7 Å². The Morgan fingerprint density at radius 2 is 1.90 bits per heavy atom. The van der Waals surface area contributed by atoms with Crippen LogP contribution in [0.1, 0.15) is 5.56 Å². The molecule has 2 rings (SSSR count). The molecule has 0 aromatic heterocycles. The Labute approximate surface area is 119 Å². The molecule has 1 N–H and O–H groups in total. The van der Waals surface area contributed by atoms with Crippen molar-refractivity contribution in [1.82, 2.24) is 0 Å². The third-order valence-corrected chi connectivity index (χ3v) is 2.72. The topological polar surface area (TPSA) is 45.0 Å². The summed E-state index contributed by atoms with van der Waals surface area (Å²) in [7, 11) is 0. The van der Waals surface area contributed by atoms with Crippen LogP contribution < -0.4 is 10.1 Å². The van der Waals surface area contributed by atoms with Crippen molar-refractivity contribution < 1.29 is 17.9 Å². The van der Waals surface area contributed by atoms with Crippen LogP contribution in [0.3, 0.4) is 0 Å². The van der Waals surface area contributed by atoms with E-state index >= 15 is 0 Å². The van der Waals surface area contributed by atoms with Gasteiger partial charge in [-0.25, -0.2) is 13.2 Å². The molecule has 0 amide bonds. The lowest BCUT2D eigenvalue weighted by atomic mass is 10.2. The van der Waals surface area contributed by atoms with Crippen molar-refractivity contribution in [3.8, 4) is 11.8 Å². The number of hydrogen-bond acceptors (Lipinski definition) is 3. The van der Waals surface area contributed by atoms with E-state index in [2.05, 4.69) is 5.32 Å². The maximum atomic E-state index is 13.5. The van der Waals surface area contributed by atoms with E-state index in [-0.39, 0.29) is 18.8 Å². The zero-order chi connectivity index (χ0) is 15.2. The molecule has 6 heteroatoms. The van der Waals surface area contributed by atoms with Crippen LogP contribution in [0.5, 0.6) is 5.75 Å². The molecule has 0 saturated heterocycles. The zero-order valence-corrected chi connectivity index (χ0v) is 10.9. The minimum Gasteiger partial charge on any atom is -0.479 e. The number of ether oxygens (including phenoxy) is 1. The van der Waals surface area contributed by atoms with Crippen molar-refractivity contribution >= 4 is 5.69 Å². The molecular formula is C15H11F3N2O. The van der Waals surface area contributed by atoms with Crippen molar-refractivity contribution in [2.75, 3.05) is 11.9 Å². The summed E-state index contributed by atoms with van der Waals surface area (Å²) in [5, 5.41) is 11.1. The normalized spacial score (nSPS) is 10.0. The molecule has 0 spiro atoms. The Hall–Kier alpha value is -2.68. The molecule has 0 aliphatic rings. The molecule has 0 heterocycles. The van der Waals surface area contributed by atoms with Gasteiger partial charge in [0.25, 0.3) is 0 Å². The maximum Gasteiger partial charge on any atom is 0.196 e. The van der Waals surface area contributed by atoms with Gasteiger partial charge in [0.1, 0.15) is 11.8 Å². The summed E-state index contributed by atoms with van der Waals surface area (Å²) in [5.41, 5.74) is 0.617. The number of nitrogens with one attached hydrogen (secondary N) is 1. The van der Waals surface area contributed by atoms with E-state index in [4.69, 9.17) is 10.00 Å². The van der Waals surface area contributed by atoms with Gasteiger partial charge in [-0.2, -0.15) is 5.26 Å². The average molecular weight is 292 g/mol. The SMILES string of the molecule is N#CCOc1cccc(CNc2ccc(F)c(F)c2F)c1. The standard InChI is InChI=1S/C15H11F3N2O/c16-12-4-5-13(15(18)14(12)17)20-9-10-2-1-3-11(8-10)21-7-6-19/h1-5,8,20H,7,9H2. The number of hydrogen-bond donors (Lipinski definition) is 1. The van der Waals surface area contributed by atoms with Crippen molar-refractivity contribution in [2.45, 2.75) is 6.54 Å². The number of anilines is 1. The van der Waals surface area contributed by atoms with Gasteiger partial charge in [0.05, 0.1) is 5.69 Å². The molecular weight excluding hydrogens is 281 g/mol. The molecule has 0 aliphatic heterocycles. The van der Waals surface area contributed by atoms with Gasteiger partial charge in [-0.3, -0.25) is 0 Å². The number of halogens is 3. The van der Waals surface area contributed by atoms with Gasteiger partial charge in [-0.05, 0) is 29.8 Å². The van der Waals surface area contributed by atoms with Gasteiger partial charge in [-0.15, -0.1) is 0 Å². The quantitative estimate of drug-likeness (QED) is 0.856. The van der Waals surface area contributed by atoms with Crippen LogP contribution in [0.15, 0.2) is 36.4 Å². The molecule has 0 bridgehead atoms. The van der Waals surface area contributed by atoms with E-state index in [1.165, 1.54) is 0 Å². The highest BCUT2D eigenvalue weighted by molar-refractivity contribution is 5.46. The molecule has 21 heavy (non-hydrogen) atoms. The summed E-state index contributed by atoms with van der Waals surface area (Å²) in [5.74, 6) is -3.50. The van der Waals surface area contributed by atoms with Crippen LogP contribution in [0.2, 0.25) is 0 Å². The first-order valence-electron chi connectivity index (χ1n) is 6.08. The van der Waals surface area contributed by atoms with Crippen molar-refractivity contribution in [3.63, 3.8) is 0 Å². The number of benzene rings is 2. The largest absolute Gasteiger partial charge is 0.479 e. The predicted octanol–water partition coefficient (Wildman–Crippen LogP) is 3.62. The molecule has 108 valence electrons. The fraction of sp³-hybridized carbons (Fsp3) is 0.133. The van der Waals surface area contributed by atoms with Crippen molar-refractivity contribution in [1.29, 1.82) is 5.26 Å². The molecule has 0 fully saturated rings. The number of nitriles is 1. The summed E-state index contributed by atoms with van der Waals surface area (Å²) in [4.78, 5) is 0. The summed E-state index contributed by atoms with van der Waals surface area (Å²) in [6.07, 6.45) is 0. The second-order valence-corrected chi connectivity index (χ2v) is 4.17. The molecule has 0 radical (unpaired) electrons. The highest BCUT2D eigenvalue weighted by Crippen LogP contribution is 2.21. The third-order valence-electron chi connectivity index (χ3n) is 2.72. The van der Waals surface area contributed by atoms with E-state index in [1.807, 2.05) is 6.07 Å². The van der Waals surface area contributed by atoms with Gasteiger partial charge in [-0.1, -0.05) is 12.1 Å². The number of rotatable bonds is 5. The van der Waals surface area contributed by atoms with E-state index in [9.17, 15) is 13.2 Å². The summed E-state index contributed by atoms with van der Waals surface area (Å²) < 4.78 is 44.5. The van der Waals surface area contributed by atoms with Crippen LogP contribution in [0.25, 0.3) is 0 Å². The first kappa shape index (κ1) is 14.7. The minimum absolute atomic E-state index is 0.0747. The average Bonchev–Trinajstić information content (AvgIpc) is 2.50. The second kappa shape index (κ2) is 6.66. The smallest absolute Gasteiger partial charge is 0.196 e. The Kier molecular flexibility index (Phi) is 4.67. The van der Waals surface area contributed by atoms with Gasteiger partial charge >= 0.3 is 0 Å². The molecule has 2 aromatic rings. The van der Waals surface area contributed by atoms with E-state index in [0.29, 0.717) is 5.75 Å². The Morgan fingerprint density at radius 1 is 1.10 bits per heavy atom. The third kappa shape index (κ3) is 3.66. The van der Waals surface area contributed by atoms with Gasteiger partial charge in [0.15, 0.2) is 24.1 Å². The highest BCUT2D eigenvalue weighted by atomic mass is 19.2. The van der Waals surface area contributed by atoms with Gasteiger partial charge in [0.2, 0.25) is 0 Å². The van der Waals surface area contributed by atoms with Crippen LogP contribution in [0.4, 0.5) is 18.9 Å². The van der Waals surface area contributed by atoms with Crippen LogP contribution in [-0.4, -0.2) is 6.61 Å². The number of nitrogens with zero attached hydrogens (tertiary/aromatic N) is 1. The Morgan fingerprint density at radius 3 is 2.67 bits per heavy atom. The summed E-state index contributed by atoms with van der Waals surface area (Å²) >= 11 is 0. The summed E-state index contributed by atoms with van der Waals surface area (Å²) in [6, 6.07) is 10.6. The first-order valence-corrected chi connectivity index (χ1v) is 6.08. The van der Waals surface area contributed by atoms with Crippen molar-refractivity contribution in [3.05, 3.63) is 59.4 Å². The fourth-order valence-electron chi connectivity index (χ4n) is 1.72. The second-order valence-electron chi connectivity index (χ2n) is 4.17. The lowest BCUT2D eigenvalue weighted by Gasteiger charge is -2.09. The lowest BCUT2D eigenvalue weighted by molar-refractivity contribution is 0.368. The van der Waals surface area contributed by atoms with Crippen LogP contribution >= 0.6 is 0 Å².